The fourth-order valence-corrected chi connectivity index (χ4v) is 3.27. The number of hydrogen-bond donors (Lipinski definition) is 5. The second-order valence-electron chi connectivity index (χ2n) is 9.15. The van der Waals surface area contributed by atoms with Gasteiger partial charge in [0.25, 0.3) is 11.8 Å². The summed E-state index contributed by atoms with van der Waals surface area (Å²) in [5.74, 6) is -2.25. The number of carboxylic acids is 1. The van der Waals surface area contributed by atoms with Crippen LogP contribution in [0.2, 0.25) is 0 Å². The number of nitrogens with two attached hydrogens (primary N) is 1. The lowest BCUT2D eigenvalue weighted by Gasteiger charge is -2.19. The normalized spacial score (nSPS) is 10.9. The van der Waals surface area contributed by atoms with Crippen LogP contribution < -0.4 is 16.4 Å². The first-order valence-electron chi connectivity index (χ1n) is 10.8. The third-order valence-corrected chi connectivity index (χ3v) is 5.06. The molecule has 0 aliphatic heterocycles. The number of carboxylic acid groups (broad SMARTS) is 1. The van der Waals surface area contributed by atoms with Gasteiger partial charge in [-0.25, -0.2) is 4.79 Å². The first-order valence-corrected chi connectivity index (χ1v) is 10.8. The van der Waals surface area contributed by atoms with Crippen molar-refractivity contribution < 1.29 is 19.5 Å². The number of hydrogen-bond acceptors (Lipinski definition) is 5. The van der Waals surface area contributed by atoms with Crippen LogP contribution in [0.5, 0.6) is 0 Å². The van der Waals surface area contributed by atoms with E-state index in [9.17, 15) is 19.5 Å². The number of carbonyl (C=O) groups excluding carboxylic acids is 2. The number of aromatic nitrogens is 1. The van der Waals surface area contributed by atoms with Gasteiger partial charge in [0, 0.05) is 35.1 Å². The number of nitrogens with zero attached hydrogens (tertiary/aromatic N) is 1. The zero-order valence-electron chi connectivity index (χ0n) is 19.7. The number of aromatic carboxylic acids is 1. The van der Waals surface area contributed by atoms with E-state index in [1.54, 1.807) is 36.4 Å². The molecule has 1 aromatic heterocycles. The molecule has 0 radical (unpaired) electrons. The van der Waals surface area contributed by atoms with Crippen molar-refractivity contribution in [3.8, 4) is 11.1 Å². The Morgan fingerprint density at radius 3 is 2.23 bits per heavy atom. The number of amides is 2. The Labute approximate surface area is 202 Å². The monoisotopic (exact) mass is 473 g/mol. The maximum atomic E-state index is 13.0. The van der Waals surface area contributed by atoms with E-state index >= 15 is 0 Å². The van der Waals surface area contributed by atoms with E-state index < -0.39 is 11.9 Å². The molecule has 0 atom stereocenters. The summed E-state index contributed by atoms with van der Waals surface area (Å²) >= 11 is 0. The van der Waals surface area contributed by atoms with Gasteiger partial charge in [-0.1, -0.05) is 32.9 Å². The highest BCUT2D eigenvalue weighted by Gasteiger charge is 2.21. The minimum Gasteiger partial charge on any atom is -0.478 e. The number of pyridine rings is 1. The smallest absolute Gasteiger partial charge is 0.336 e. The first kappa shape index (κ1) is 25.1. The lowest BCUT2D eigenvalue weighted by atomic mass is 9.95. The van der Waals surface area contributed by atoms with Crippen molar-refractivity contribution >= 4 is 29.3 Å². The van der Waals surface area contributed by atoms with E-state index in [1.807, 2.05) is 20.8 Å². The molecule has 1 heterocycles. The number of carbonyl (C=O) groups is 3. The molecule has 2 amide bonds. The average molecular weight is 474 g/mol. The maximum absolute atomic E-state index is 13.0. The Bertz CT molecular complexity index is 1290. The Hall–Kier alpha value is -4.53. The Kier molecular flexibility index (Phi) is 7.29. The molecule has 0 aliphatic carbocycles. The summed E-state index contributed by atoms with van der Waals surface area (Å²) in [5.41, 5.74) is 6.97. The second kappa shape index (κ2) is 10.2. The quantitative estimate of drug-likeness (QED) is 0.260. The van der Waals surface area contributed by atoms with Crippen LogP contribution in [0.4, 0.5) is 5.69 Å². The van der Waals surface area contributed by atoms with E-state index in [4.69, 9.17) is 11.1 Å². The Morgan fingerprint density at radius 1 is 0.971 bits per heavy atom. The molecule has 6 N–H and O–H groups in total. The molecule has 0 saturated carbocycles. The highest BCUT2D eigenvalue weighted by molar-refractivity contribution is 6.09. The minimum absolute atomic E-state index is 0.0237. The predicted octanol–water partition coefficient (Wildman–Crippen LogP) is 3.76. The number of anilines is 1. The van der Waals surface area contributed by atoms with Crippen molar-refractivity contribution in [3.05, 3.63) is 83.2 Å². The van der Waals surface area contributed by atoms with E-state index in [-0.39, 0.29) is 39.5 Å². The number of amidine groups is 1. The van der Waals surface area contributed by atoms with Crippen LogP contribution in [0, 0.1) is 10.8 Å². The fraction of sp³-hybridized carbons (Fsp3) is 0.192. The summed E-state index contributed by atoms with van der Waals surface area (Å²) in [7, 11) is 0. The van der Waals surface area contributed by atoms with E-state index in [0.717, 1.165) is 0 Å². The molecule has 9 nitrogen and oxygen atoms in total. The van der Waals surface area contributed by atoms with Crippen molar-refractivity contribution in [1.82, 2.24) is 10.3 Å². The zero-order valence-corrected chi connectivity index (χ0v) is 19.7. The summed E-state index contributed by atoms with van der Waals surface area (Å²) in [6.45, 7) is 6.36. The number of nitrogens with one attached hydrogen (secondary N) is 3. The van der Waals surface area contributed by atoms with Crippen LogP contribution in [-0.2, 0) is 0 Å². The van der Waals surface area contributed by atoms with Crippen molar-refractivity contribution in [3.63, 3.8) is 0 Å². The first-order chi connectivity index (χ1) is 16.5. The molecule has 3 rings (SSSR count). The Morgan fingerprint density at radius 2 is 1.63 bits per heavy atom. The highest BCUT2D eigenvalue weighted by Crippen LogP contribution is 2.28. The minimum atomic E-state index is -1.24. The largest absolute Gasteiger partial charge is 0.478 e. The molecule has 9 heteroatoms. The van der Waals surface area contributed by atoms with Gasteiger partial charge in [-0.3, -0.25) is 20.0 Å². The predicted molar refractivity (Wildman–Crippen MR) is 134 cm³/mol. The molecule has 3 aromatic rings. The third kappa shape index (κ3) is 6.29. The lowest BCUT2D eigenvalue weighted by Crippen LogP contribution is -2.32. The van der Waals surface area contributed by atoms with Gasteiger partial charge in [0.05, 0.1) is 5.56 Å². The Balaban J connectivity index is 1.94. The fourth-order valence-electron chi connectivity index (χ4n) is 3.27. The number of benzene rings is 2. The van der Waals surface area contributed by atoms with Gasteiger partial charge in [0.15, 0.2) is 0 Å². The summed E-state index contributed by atoms with van der Waals surface area (Å²) in [5, 5.41) is 22.8. The van der Waals surface area contributed by atoms with Gasteiger partial charge in [0.2, 0.25) is 0 Å². The van der Waals surface area contributed by atoms with Crippen molar-refractivity contribution in [2.24, 2.45) is 11.1 Å². The molecule has 0 unspecified atom stereocenters. The number of rotatable bonds is 7. The zero-order chi connectivity index (χ0) is 25.8. The molecule has 180 valence electrons. The van der Waals surface area contributed by atoms with E-state index in [2.05, 4.69) is 15.6 Å². The average Bonchev–Trinajstić information content (AvgIpc) is 2.82. The van der Waals surface area contributed by atoms with Crippen LogP contribution >= 0.6 is 0 Å². The molecule has 0 saturated heterocycles. The molecular weight excluding hydrogens is 446 g/mol. The SMILES string of the molecule is CC(C)(C)CNC(=O)c1ccc(-c2cccnc2C(=O)Nc2ccc(C(=N)N)cc2)c(C(=O)O)c1. The van der Waals surface area contributed by atoms with Gasteiger partial charge >= 0.3 is 5.97 Å². The van der Waals surface area contributed by atoms with Crippen LogP contribution in [0.15, 0.2) is 60.8 Å². The van der Waals surface area contributed by atoms with Crippen molar-refractivity contribution in [2.75, 3.05) is 11.9 Å². The van der Waals surface area contributed by atoms with E-state index in [0.29, 0.717) is 23.4 Å². The van der Waals surface area contributed by atoms with Crippen LogP contribution in [0.3, 0.4) is 0 Å². The highest BCUT2D eigenvalue weighted by atomic mass is 16.4. The summed E-state index contributed by atoms with van der Waals surface area (Å²) < 4.78 is 0. The molecule has 0 spiro atoms. The lowest BCUT2D eigenvalue weighted by molar-refractivity contribution is 0.0697. The van der Waals surface area contributed by atoms with Crippen LogP contribution in [-0.4, -0.2) is 40.3 Å². The molecule has 2 aromatic carbocycles. The van der Waals surface area contributed by atoms with Crippen LogP contribution in [0.1, 0.15) is 57.5 Å². The van der Waals surface area contributed by atoms with Crippen molar-refractivity contribution in [1.29, 1.82) is 5.41 Å². The topological polar surface area (TPSA) is 158 Å². The molecular formula is C26H27N5O4. The van der Waals surface area contributed by atoms with Gasteiger partial charge in [-0.2, -0.15) is 0 Å². The number of nitrogen functional groups attached to an aromatic ring is 1. The third-order valence-electron chi connectivity index (χ3n) is 5.06. The van der Waals surface area contributed by atoms with Gasteiger partial charge in [-0.15, -0.1) is 0 Å². The van der Waals surface area contributed by atoms with Gasteiger partial charge in [-0.05, 0) is 53.4 Å². The molecule has 0 bridgehead atoms. The second-order valence-corrected chi connectivity index (χ2v) is 9.15. The molecule has 0 aliphatic rings. The van der Waals surface area contributed by atoms with Gasteiger partial charge in [0.1, 0.15) is 11.5 Å². The summed E-state index contributed by atoms with van der Waals surface area (Å²) in [6, 6.07) is 13.9. The molecule has 35 heavy (non-hydrogen) atoms. The summed E-state index contributed by atoms with van der Waals surface area (Å²) in [6.07, 6.45) is 1.44. The molecule has 0 fully saturated rings. The van der Waals surface area contributed by atoms with Crippen LogP contribution in [0.25, 0.3) is 11.1 Å². The van der Waals surface area contributed by atoms with Gasteiger partial charge < -0.3 is 21.5 Å². The van der Waals surface area contributed by atoms with E-state index in [1.165, 1.54) is 24.4 Å². The standard InChI is InChI=1S/C26H27N5O4/c1-26(2,3)14-30-23(32)16-8-11-18(20(13-16)25(34)35)19-5-4-12-29-21(19)24(33)31-17-9-6-15(7-10-17)22(27)28/h4-13H,14H2,1-3H3,(H3,27,28)(H,30,32)(H,31,33)(H,34,35). The van der Waals surface area contributed by atoms with Crippen molar-refractivity contribution in [2.45, 2.75) is 20.8 Å². The summed E-state index contributed by atoms with van der Waals surface area (Å²) in [4.78, 5) is 41.8. The maximum Gasteiger partial charge on any atom is 0.336 e.